The second kappa shape index (κ2) is 13.5. The average molecular weight is 723 g/mol. The summed E-state index contributed by atoms with van der Waals surface area (Å²) in [5.41, 5.74) is -10.9. The second-order valence-corrected chi connectivity index (χ2v) is 12.5. The van der Waals surface area contributed by atoms with Crippen molar-refractivity contribution in [2.75, 3.05) is 7.11 Å². The number of nitrogens with zero attached hydrogens (tertiary/aromatic N) is 3. The Labute approximate surface area is 267 Å². The van der Waals surface area contributed by atoms with E-state index in [0.717, 1.165) is 36.1 Å². The van der Waals surface area contributed by atoms with Crippen LogP contribution in [0, 0.1) is 0 Å². The molecule has 1 N–H and O–H groups in total. The van der Waals surface area contributed by atoms with Gasteiger partial charge in [0.05, 0.1) is 18.4 Å². The fourth-order valence-electron chi connectivity index (χ4n) is 3.90. The lowest BCUT2D eigenvalue weighted by molar-refractivity contribution is -0.142. The molecule has 0 aliphatic heterocycles. The molecule has 4 aromatic rings. The molecule has 0 unspecified atom stereocenters. The van der Waals surface area contributed by atoms with Gasteiger partial charge in [-0.25, -0.2) is 14.5 Å². The fraction of sp³-hybridized carbons (Fsp3) is 0.185. The summed E-state index contributed by atoms with van der Waals surface area (Å²) < 4.78 is 135. The number of methoxy groups -OCH3 is 1. The molecule has 0 spiro atoms. The predicted octanol–water partition coefficient (Wildman–Crippen LogP) is 3.91. The summed E-state index contributed by atoms with van der Waals surface area (Å²) >= 11 is 0. The minimum atomic E-state index is -5.93. The highest BCUT2D eigenvalue weighted by Gasteiger charge is 2.49. The molecule has 1 amide bonds. The molecule has 0 fully saturated rings. The van der Waals surface area contributed by atoms with Gasteiger partial charge in [-0.3, -0.25) is 4.79 Å². The van der Waals surface area contributed by atoms with Crippen LogP contribution in [-0.2, 0) is 36.2 Å². The average Bonchev–Trinajstić information content (AvgIpc) is 3.50. The van der Waals surface area contributed by atoms with Crippen LogP contribution in [0.15, 0.2) is 79.1 Å². The van der Waals surface area contributed by atoms with Gasteiger partial charge >= 0.3 is 37.2 Å². The van der Waals surface area contributed by atoms with Crippen molar-refractivity contribution >= 4 is 32.1 Å². The van der Waals surface area contributed by atoms with Gasteiger partial charge in [-0.15, -0.1) is 0 Å². The number of halogens is 6. The first kappa shape index (κ1) is 35.7. The number of hydrogen-bond donors (Lipinski definition) is 1. The number of amides is 1. The summed E-state index contributed by atoms with van der Waals surface area (Å²) in [6.45, 7) is 0. The zero-order valence-corrected chi connectivity index (χ0v) is 25.5. The lowest BCUT2D eigenvalue weighted by atomic mass is 10.1. The first-order valence-electron chi connectivity index (χ1n) is 12.9. The van der Waals surface area contributed by atoms with Crippen molar-refractivity contribution in [1.82, 2.24) is 20.1 Å². The summed E-state index contributed by atoms with van der Waals surface area (Å²) in [5, 5.41) is 6.72. The summed E-state index contributed by atoms with van der Waals surface area (Å²) in [6.07, 6.45) is 2.40. The number of hydrogen-bond acceptors (Lipinski definition) is 11. The van der Waals surface area contributed by atoms with Crippen molar-refractivity contribution in [3.63, 3.8) is 0 Å². The van der Waals surface area contributed by atoms with E-state index >= 15 is 0 Å². The van der Waals surface area contributed by atoms with Gasteiger partial charge in [-0.1, -0.05) is 24.3 Å². The second-order valence-electron chi connectivity index (χ2n) is 9.41. The van der Waals surface area contributed by atoms with Gasteiger partial charge < -0.3 is 18.4 Å². The normalized spacial score (nSPS) is 13.0. The van der Waals surface area contributed by atoms with Crippen LogP contribution < -0.4 is 13.7 Å². The summed E-state index contributed by atoms with van der Waals surface area (Å²) in [7, 11) is -10.8. The van der Waals surface area contributed by atoms with E-state index in [1.807, 2.05) is 0 Å². The number of esters is 1. The number of nitrogens with one attached hydrogen (secondary N) is 1. The molecule has 2 aromatic carbocycles. The topological polar surface area (TPSA) is 173 Å². The highest BCUT2D eigenvalue weighted by molar-refractivity contribution is 7.88. The van der Waals surface area contributed by atoms with E-state index in [1.54, 1.807) is 0 Å². The quantitative estimate of drug-likeness (QED) is 0.103. The Morgan fingerprint density at radius 2 is 1.48 bits per heavy atom. The molecule has 0 saturated carbocycles. The molecular formula is C27H20F6N4O9S2. The number of pyridine rings is 1. The molecule has 21 heteroatoms. The number of ether oxygens (including phenoxy) is 1. The van der Waals surface area contributed by atoms with E-state index < -0.39 is 60.7 Å². The largest absolute Gasteiger partial charge is 0.534 e. The van der Waals surface area contributed by atoms with Crippen molar-refractivity contribution in [3.05, 3.63) is 90.3 Å². The number of carbonyl (C=O) groups excluding carboxylic acids is 2. The first-order chi connectivity index (χ1) is 22.3. The van der Waals surface area contributed by atoms with Gasteiger partial charge in [0, 0.05) is 24.4 Å². The monoisotopic (exact) mass is 722 g/mol. The van der Waals surface area contributed by atoms with Crippen molar-refractivity contribution in [3.8, 4) is 28.6 Å². The number of carbonyl (C=O) groups is 2. The third-order valence-electron chi connectivity index (χ3n) is 6.10. The minimum absolute atomic E-state index is 0.0655. The van der Waals surface area contributed by atoms with Crippen LogP contribution in [0.2, 0.25) is 0 Å². The van der Waals surface area contributed by atoms with E-state index in [1.165, 1.54) is 54.9 Å². The van der Waals surface area contributed by atoms with Gasteiger partial charge in [0.25, 0.3) is 5.91 Å². The van der Waals surface area contributed by atoms with Crippen LogP contribution in [0.5, 0.6) is 11.5 Å². The van der Waals surface area contributed by atoms with E-state index in [9.17, 15) is 52.8 Å². The van der Waals surface area contributed by atoms with E-state index in [0.29, 0.717) is 0 Å². The standard InChI is InChI=1S/C27H20F6N4O9S2/c1-44-25(39)22(14-16-7-9-18(10-8-16)45-47(40,41)26(28,29)30)35-24(38)20-6-3-12-34-23(20)37-13-11-21(36-37)17-4-2-5-19(15-17)46-48(42,43)27(31,32)33/h2-13,15,22H,14H2,1H3,(H,35,38)/t22-/m0/s1. The lowest BCUT2D eigenvalue weighted by Gasteiger charge is -2.18. The van der Waals surface area contributed by atoms with Gasteiger partial charge in [0.2, 0.25) is 0 Å². The highest BCUT2D eigenvalue weighted by Crippen LogP contribution is 2.30. The molecule has 2 heterocycles. The number of alkyl halides is 6. The maximum atomic E-state index is 13.3. The molecule has 48 heavy (non-hydrogen) atoms. The van der Waals surface area contributed by atoms with Gasteiger partial charge in [0.15, 0.2) is 5.82 Å². The molecular weight excluding hydrogens is 702 g/mol. The van der Waals surface area contributed by atoms with Crippen molar-refractivity contribution in [2.24, 2.45) is 0 Å². The van der Waals surface area contributed by atoms with Crippen LogP contribution in [0.1, 0.15) is 15.9 Å². The Bertz CT molecular complexity index is 2030. The van der Waals surface area contributed by atoms with Gasteiger partial charge in [-0.05, 0) is 48.0 Å². The zero-order chi connectivity index (χ0) is 35.5. The van der Waals surface area contributed by atoms with Gasteiger partial charge in [-0.2, -0.15) is 48.3 Å². The SMILES string of the molecule is COC(=O)[C@H](Cc1ccc(OS(=O)(=O)C(F)(F)F)cc1)NC(=O)c1cccnc1-n1ccc(-c2cccc(OS(=O)(=O)C(F)(F)F)c2)n1. The summed E-state index contributed by atoms with van der Waals surface area (Å²) in [4.78, 5) is 30.0. The Balaban J connectivity index is 1.54. The maximum absolute atomic E-state index is 13.3. The van der Waals surface area contributed by atoms with Crippen molar-refractivity contribution in [1.29, 1.82) is 0 Å². The number of benzene rings is 2. The highest BCUT2D eigenvalue weighted by atomic mass is 32.2. The Morgan fingerprint density at radius 1 is 0.854 bits per heavy atom. The van der Waals surface area contributed by atoms with Crippen LogP contribution >= 0.6 is 0 Å². The summed E-state index contributed by atoms with van der Waals surface area (Å²) in [6, 6.07) is 11.5. The molecule has 0 aliphatic carbocycles. The Morgan fingerprint density at radius 3 is 2.08 bits per heavy atom. The Hall–Kier alpha value is -5.18. The minimum Gasteiger partial charge on any atom is -0.467 e. The van der Waals surface area contributed by atoms with Crippen molar-refractivity contribution < 1.29 is 65.9 Å². The molecule has 4 rings (SSSR count). The molecule has 2 aromatic heterocycles. The lowest BCUT2D eigenvalue weighted by Crippen LogP contribution is -2.43. The fourth-order valence-corrected chi connectivity index (χ4v) is 4.81. The van der Waals surface area contributed by atoms with Crippen LogP contribution in [-0.4, -0.2) is 67.6 Å². The summed E-state index contributed by atoms with van der Waals surface area (Å²) in [5.74, 6) is -3.12. The zero-order valence-electron chi connectivity index (χ0n) is 23.9. The molecule has 0 saturated heterocycles. The van der Waals surface area contributed by atoms with E-state index in [2.05, 4.69) is 23.8 Å². The molecule has 0 bridgehead atoms. The van der Waals surface area contributed by atoms with Crippen molar-refractivity contribution in [2.45, 2.75) is 23.5 Å². The number of rotatable bonds is 11. The Kier molecular flexibility index (Phi) is 10.0. The third-order valence-corrected chi connectivity index (χ3v) is 8.06. The molecule has 0 aliphatic rings. The van der Waals surface area contributed by atoms with E-state index in [4.69, 9.17) is 4.74 Å². The number of aromatic nitrogens is 3. The predicted molar refractivity (Wildman–Crippen MR) is 151 cm³/mol. The maximum Gasteiger partial charge on any atom is 0.534 e. The molecule has 256 valence electrons. The smallest absolute Gasteiger partial charge is 0.467 e. The molecule has 0 radical (unpaired) electrons. The van der Waals surface area contributed by atoms with Crippen LogP contribution in [0.25, 0.3) is 17.1 Å². The van der Waals surface area contributed by atoms with Gasteiger partial charge in [0.1, 0.15) is 17.5 Å². The van der Waals surface area contributed by atoms with Crippen LogP contribution in [0.3, 0.4) is 0 Å². The molecule has 1 atom stereocenters. The van der Waals surface area contributed by atoms with Crippen LogP contribution in [0.4, 0.5) is 26.3 Å². The van der Waals surface area contributed by atoms with E-state index in [-0.39, 0.29) is 34.6 Å². The third kappa shape index (κ3) is 8.20. The molecule has 13 nitrogen and oxygen atoms in total. The first-order valence-corrected chi connectivity index (χ1v) is 15.7.